The standard InChI is InChI=1S/C15H19ClO2/c16-10-1-11-18-15-8-4-13(5-9-15)12-2-6-14(17)7-3-12/h4-5,8-9,12H,1-3,6-7,10-11H2. The fourth-order valence-electron chi connectivity index (χ4n) is 2.35. The molecule has 0 amide bonds. The summed E-state index contributed by atoms with van der Waals surface area (Å²) >= 11 is 5.60. The topological polar surface area (TPSA) is 26.3 Å². The zero-order chi connectivity index (χ0) is 12.8. The first kappa shape index (κ1) is 13.4. The van der Waals surface area contributed by atoms with E-state index in [1.54, 1.807) is 0 Å². The van der Waals surface area contributed by atoms with E-state index in [-0.39, 0.29) is 0 Å². The number of hydrogen-bond acceptors (Lipinski definition) is 2. The number of halogens is 1. The summed E-state index contributed by atoms with van der Waals surface area (Å²) in [7, 11) is 0. The Kier molecular flexibility index (Phi) is 5.06. The van der Waals surface area contributed by atoms with Crippen LogP contribution in [0.25, 0.3) is 0 Å². The van der Waals surface area contributed by atoms with Gasteiger partial charge in [0.2, 0.25) is 0 Å². The van der Waals surface area contributed by atoms with Crippen molar-refractivity contribution >= 4 is 17.4 Å². The van der Waals surface area contributed by atoms with Gasteiger partial charge in [-0.1, -0.05) is 12.1 Å². The third-order valence-corrected chi connectivity index (χ3v) is 3.71. The molecule has 98 valence electrons. The van der Waals surface area contributed by atoms with Crippen LogP contribution in [0.1, 0.15) is 43.6 Å². The largest absolute Gasteiger partial charge is 0.494 e. The average Bonchev–Trinajstić information content (AvgIpc) is 2.41. The maximum absolute atomic E-state index is 11.2. The van der Waals surface area contributed by atoms with E-state index >= 15 is 0 Å². The first-order valence-electron chi connectivity index (χ1n) is 6.60. The van der Waals surface area contributed by atoms with E-state index in [0.717, 1.165) is 37.9 Å². The molecule has 1 fully saturated rings. The van der Waals surface area contributed by atoms with E-state index in [2.05, 4.69) is 12.1 Å². The van der Waals surface area contributed by atoms with E-state index in [1.165, 1.54) is 5.56 Å². The summed E-state index contributed by atoms with van der Waals surface area (Å²) in [5, 5.41) is 0. The second-order valence-electron chi connectivity index (χ2n) is 4.77. The highest BCUT2D eigenvalue weighted by atomic mass is 35.5. The Labute approximate surface area is 113 Å². The van der Waals surface area contributed by atoms with Crippen LogP contribution in [0.4, 0.5) is 0 Å². The summed E-state index contributed by atoms with van der Waals surface area (Å²) in [6, 6.07) is 8.27. The van der Waals surface area contributed by atoms with Crippen molar-refractivity contribution in [3.8, 4) is 5.75 Å². The molecule has 1 aliphatic rings. The Morgan fingerprint density at radius 3 is 2.44 bits per heavy atom. The maximum Gasteiger partial charge on any atom is 0.132 e. The van der Waals surface area contributed by atoms with E-state index in [9.17, 15) is 4.79 Å². The minimum absolute atomic E-state index is 0.410. The van der Waals surface area contributed by atoms with Gasteiger partial charge in [-0.25, -0.2) is 0 Å². The summed E-state index contributed by atoms with van der Waals surface area (Å²) in [5.41, 5.74) is 1.33. The van der Waals surface area contributed by atoms with Crippen molar-refractivity contribution < 1.29 is 9.53 Å². The van der Waals surface area contributed by atoms with Gasteiger partial charge in [-0.3, -0.25) is 4.79 Å². The number of alkyl halides is 1. The molecule has 0 radical (unpaired) electrons. The Morgan fingerprint density at radius 1 is 1.17 bits per heavy atom. The SMILES string of the molecule is O=C1CCC(c2ccc(OCCCCl)cc2)CC1. The molecule has 0 aromatic heterocycles. The van der Waals surface area contributed by atoms with Gasteiger partial charge in [0.1, 0.15) is 11.5 Å². The van der Waals surface area contributed by atoms with E-state index in [4.69, 9.17) is 16.3 Å². The number of carbonyl (C=O) groups excluding carboxylic acids is 1. The highest BCUT2D eigenvalue weighted by molar-refractivity contribution is 6.17. The number of ether oxygens (including phenoxy) is 1. The van der Waals surface area contributed by atoms with Gasteiger partial charge < -0.3 is 4.74 Å². The van der Waals surface area contributed by atoms with Crippen LogP contribution in [0.5, 0.6) is 5.75 Å². The third-order valence-electron chi connectivity index (χ3n) is 3.44. The first-order chi connectivity index (χ1) is 8.79. The van der Waals surface area contributed by atoms with Crippen molar-refractivity contribution in [3.63, 3.8) is 0 Å². The molecule has 0 heterocycles. The first-order valence-corrected chi connectivity index (χ1v) is 7.13. The van der Waals surface area contributed by atoms with Crippen molar-refractivity contribution in [2.45, 2.75) is 38.0 Å². The summed E-state index contributed by atoms with van der Waals surface area (Å²) in [4.78, 5) is 11.2. The average molecular weight is 267 g/mol. The van der Waals surface area contributed by atoms with Gasteiger partial charge in [0, 0.05) is 18.7 Å². The smallest absolute Gasteiger partial charge is 0.132 e. The predicted octanol–water partition coefficient (Wildman–Crippen LogP) is 3.92. The Hall–Kier alpha value is -1.02. The summed E-state index contributed by atoms with van der Waals surface area (Å²) in [6.07, 6.45) is 4.32. The van der Waals surface area contributed by atoms with Crippen molar-refractivity contribution in [2.75, 3.05) is 12.5 Å². The van der Waals surface area contributed by atoms with Crippen molar-refractivity contribution in [1.82, 2.24) is 0 Å². The summed E-state index contributed by atoms with van der Waals surface area (Å²) < 4.78 is 5.57. The molecule has 0 spiro atoms. The molecule has 0 N–H and O–H groups in total. The Balaban J connectivity index is 1.89. The lowest BCUT2D eigenvalue weighted by Crippen LogP contribution is -2.12. The molecule has 1 aromatic carbocycles. The molecule has 3 heteroatoms. The van der Waals surface area contributed by atoms with Gasteiger partial charge in [0.05, 0.1) is 6.61 Å². The predicted molar refractivity (Wildman–Crippen MR) is 73.5 cm³/mol. The monoisotopic (exact) mass is 266 g/mol. The molecule has 0 unspecified atom stereocenters. The second kappa shape index (κ2) is 6.79. The molecule has 2 rings (SSSR count). The second-order valence-corrected chi connectivity index (χ2v) is 5.15. The van der Waals surface area contributed by atoms with Crippen LogP contribution in [0.2, 0.25) is 0 Å². The van der Waals surface area contributed by atoms with Crippen molar-refractivity contribution in [3.05, 3.63) is 29.8 Å². The zero-order valence-corrected chi connectivity index (χ0v) is 11.3. The lowest BCUT2D eigenvalue weighted by Gasteiger charge is -2.21. The van der Waals surface area contributed by atoms with E-state index < -0.39 is 0 Å². The van der Waals surface area contributed by atoms with Crippen molar-refractivity contribution in [1.29, 1.82) is 0 Å². The Bertz CT molecular complexity index is 376. The quantitative estimate of drug-likeness (QED) is 0.596. The van der Waals surface area contributed by atoms with Crippen molar-refractivity contribution in [2.24, 2.45) is 0 Å². The van der Waals surface area contributed by atoms with Gasteiger partial charge in [0.15, 0.2) is 0 Å². The zero-order valence-electron chi connectivity index (χ0n) is 10.5. The number of carbonyl (C=O) groups is 1. The van der Waals surface area contributed by atoms with Gasteiger partial charge >= 0.3 is 0 Å². The van der Waals surface area contributed by atoms with Crippen LogP contribution >= 0.6 is 11.6 Å². The van der Waals surface area contributed by atoms with Crippen LogP contribution in [0, 0.1) is 0 Å². The Morgan fingerprint density at radius 2 is 1.83 bits per heavy atom. The fraction of sp³-hybridized carbons (Fsp3) is 0.533. The highest BCUT2D eigenvalue weighted by Crippen LogP contribution is 2.31. The summed E-state index contributed by atoms with van der Waals surface area (Å²) in [5.74, 6) is 2.48. The van der Waals surface area contributed by atoms with Crippen LogP contribution in [0.15, 0.2) is 24.3 Å². The number of ketones is 1. The van der Waals surface area contributed by atoms with Gasteiger partial charge in [-0.2, -0.15) is 0 Å². The molecular formula is C15H19ClO2. The maximum atomic E-state index is 11.2. The molecule has 18 heavy (non-hydrogen) atoms. The van der Waals surface area contributed by atoms with Crippen LogP contribution in [-0.4, -0.2) is 18.3 Å². The van der Waals surface area contributed by atoms with Gasteiger partial charge in [-0.05, 0) is 42.9 Å². The molecule has 1 aromatic rings. The number of hydrogen-bond donors (Lipinski definition) is 0. The van der Waals surface area contributed by atoms with Gasteiger partial charge in [0.25, 0.3) is 0 Å². The molecular weight excluding hydrogens is 248 g/mol. The molecule has 0 saturated heterocycles. The molecule has 1 saturated carbocycles. The van der Waals surface area contributed by atoms with E-state index in [1.807, 2.05) is 12.1 Å². The third kappa shape index (κ3) is 3.74. The fourth-order valence-corrected chi connectivity index (χ4v) is 2.46. The highest BCUT2D eigenvalue weighted by Gasteiger charge is 2.19. The van der Waals surface area contributed by atoms with Crippen LogP contribution in [-0.2, 0) is 4.79 Å². The molecule has 0 aliphatic heterocycles. The molecule has 2 nitrogen and oxygen atoms in total. The van der Waals surface area contributed by atoms with Crippen LogP contribution < -0.4 is 4.74 Å². The van der Waals surface area contributed by atoms with E-state index in [0.29, 0.717) is 24.2 Å². The minimum atomic E-state index is 0.410. The van der Waals surface area contributed by atoms with Crippen LogP contribution in [0.3, 0.4) is 0 Å². The summed E-state index contributed by atoms with van der Waals surface area (Å²) in [6.45, 7) is 0.667. The molecule has 1 aliphatic carbocycles. The number of benzene rings is 1. The normalized spacial score (nSPS) is 16.8. The number of rotatable bonds is 5. The molecule has 0 atom stereocenters. The lowest BCUT2D eigenvalue weighted by atomic mass is 9.83. The minimum Gasteiger partial charge on any atom is -0.494 e. The number of Topliss-reactive ketones (excluding diaryl/α,β-unsaturated/α-hetero) is 1. The molecule has 0 bridgehead atoms. The van der Waals surface area contributed by atoms with Gasteiger partial charge in [-0.15, -0.1) is 11.6 Å². The lowest BCUT2D eigenvalue weighted by molar-refractivity contribution is -0.120.